The van der Waals surface area contributed by atoms with Gasteiger partial charge in [-0.25, -0.2) is 4.79 Å². The molecule has 3 aliphatic rings. The molecule has 1 aliphatic carbocycles. The summed E-state index contributed by atoms with van der Waals surface area (Å²) in [4.78, 5) is 26.4. The predicted molar refractivity (Wildman–Crippen MR) is 91.5 cm³/mol. The Morgan fingerprint density at radius 2 is 2.00 bits per heavy atom. The molecule has 2 aliphatic heterocycles. The quantitative estimate of drug-likeness (QED) is 0.820. The molecule has 1 aromatic carbocycles. The molecule has 2 fully saturated rings. The highest BCUT2D eigenvalue weighted by molar-refractivity contribution is 6.07. The van der Waals surface area contributed by atoms with Gasteiger partial charge >= 0.3 is 6.03 Å². The van der Waals surface area contributed by atoms with Crippen LogP contribution in [0.4, 0.5) is 4.79 Å². The third-order valence-electron chi connectivity index (χ3n) is 6.12. The molecule has 2 heterocycles. The first-order valence-corrected chi connectivity index (χ1v) is 9.03. The lowest BCUT2D eigenvalue weighted by molar-refractivity contribution is -0.126. The van der Waals surface area contributed by atoms with E-state index in [1.807, 2.05) is 6.92 Å². The zero-order valence-electron chi connectivity index (χ0n) is 14.2. The number of hydrogen-bond donors (Lipinski definition) is 2. The van der Waals surface area contributed by atoms with E-state index < -0.39 is 5.54 Å². The molecule has 0 bridgehead atoms. The van der Waals surface area contributed by atoms with Crippen LogP contribution in [0.1, 0.15) is 49.8 Å². The smallest absolute Gasteiger partial charge is 0.322 e. The lowest BCUT2D eigenvalue weighted by atomic mass is 9.78. The molecule has 4 rings (SSSR count). The summed E-state index contributed by atoms with van der Waals surface area (Å²) in [5.41, 5.74) is 2.15. The van der Waals surface area contributed by atoms with E-state index in [2.05, 4.69) is 39.8 Å². The first-order chi connectivity index (χ1) is 11.6. The number of nitrogens with one attached hydrogen (secondary N) is 2. The van der Waals surface area contributed by atoms with Crippen LogP contribution in [0.5, 0.6) is 0 Å². The van der Waals surface area contributed by atoms with Gasteiger partial charge in [0.15, 0.2) is 0 Å². The van der Waals surface area contributed by atoms with Crippen LogP contribution in [0, 0.1) is 5.92 Å². The van der Waals surface area contributed by atoms with Crippen molar-refractivity contribution < 1.29 is 9.59 Å². The third-order valence-corrected chi connectivity index (χ3v) is 6.12. The van der Waals surface area contributed by atoms with Gasteiger partial charge in [-0.15, -0.1) is 0 Å². The fourth-order valence-corrected chi connectivity index (χ4v) is 4.71. The molecule has 128 valence electrons. The second kappa shape index (κ2) is 5.88. The Balaban J connectivity index is 1.56. The molecule has 1 aromatic rings. The molecule has 3 atom stereocenters. The van der Waals surface area contributed by atoms with Crippen molar-refractivity contribution in [3.8, 4) is 0 Å². The van der Waals surface area contributed by atoms with Gasteiger partial charge in [0.2, 0.25) is 0 Å². The van der Waals surface area contributed by atoms with E-state index in [-0.39, 0.29) is 17.9 Å². The summed E-state index contributed by atoms with van der Waals surface area (Å²) in [6.45, 7) is 3.81. The molecule has 0 aromatic heterocycles. The number of benzene rings is 1. The fourth-order valence-electron chi connectivity index (χ4n) is 4.71. The minimum absolute atomic E-state index is 0.159. The maximum absolute atomic E-state index is 12.3. The number of urea groups is 1. The highest BCUT2D eigenvalue weighted by Gasteiger charge is 2.49. The summed E-state index contributed by atoms with van der Waals surface area (Å²) in [5, 5.41) is 5.27. The maximum atomic E-state index is 12.3. The number of aryl methyl sites for hydroxylation is 1. The van der Waals surface area contributed by atoms with Crippen molar-refractivity contribution in [1.29, 1.82) is 0 Å². The Kier molecular flexibility index (Phi) is 3.83. The maximum Gasteiger partial charge on any atom is 0.322 e. The van der Waals surface area contributed by atoms with E-state index in [9.17, 15) is 9.59 Å². The second-order valence-corrected chi connectivity index (χ2v) is 7.55. The van der Waals surface area contributed by atoms with Gasteiger partial charge in [0, 0.05) is 18.5 Å². The number of fused-ring (bicyclic) bond motifs is 1. The average Bonchev–Trinajstić information content (AvgIpc) is 2.87. The van der Waals surface area contributed by atoms with Gasteiger partial charge in [0.1, 0.15) is 5.54 Å². The summed E-state index contributed by atoms with van der Waals surface area (Å²) in [6, 6.07) is 8.84. The Hall–Kier alpha value is -1.88. The van der Waals surface area contributed by atoms with Gasteiger partial charge in [0.05, 0.1) is 0 Å². The molecule has 3 amide bonds. The van der Waals surface area contributed by atoms with E-state index in [1.54, 1.807) is 0 Å². The first-order valence-electron chi connectivity index (χ1n) is 9.03. The van der Waals surface area contributed by atoms with E-state index >= 15 is 0 Å². The molecular weight excluding hydrogens is 302 g/mol. The van der Waals surface area contributed by atoms with Gasteiger partial charge in [-0.05, 0) is 56.7 Å². The van der Waals surface area contributed by atoms with E-state index in [4.69, 9.17) is 0 Å². The van der Waals surface area contributed by atoms with Crippen molar-refractivity contribution in [3.63, 3.8) is 0 Å². The van der Waals surface area contributed by atoms with E-state index in [0.29, 0.717) is 6.04 Å². The van der Waals surface area contributed by atoms with Gasteiger partial charge in [-0.2, -0.15) is 0 Å². The number of likely N-dealkylation sites (tertiary alicyclic amines) is 1. The third kappa shape index (κ3) is 2.51. The topological polar surface area (TPSA) is 61.4 Å². The number of rotatable bonds is 2. The van der Waals surface area contributed by atoms with Crippen molar-refractivity contribution in [3.05, 3.63) is 35.4 Å². The van der Waals surface area contributed by atoms with Crippen molar-refractivity contribution >= 4 is 11.9 Å². The molecule has 5 nitrogen and oxygen atoms in total. The number of hydrogen-bond acceptors (Lipinski definition) is 3. The highest BCUT2D eigenvalue weighted by atomic mass is 16.2. The summed E-state index contributed by atoms with van der Waals surface area (Å²) < 4.78 is 0. The van der Waals surface area contributed by atoms with E-state index in [1.165, 1.54) is 30.4 Å². The number of carbonyl (C=O) groups excluding carboxylic acids is 2. The van der Waals surface area contributed by atoms with Crippen molar-refractivity contribution in [2.24, 2.45) is 5.92 Å². The molecule has 0 saturated carbocycles. The molecule has 0 radical (unpaired) electrons. The molecular formula is C19H25N3O2. The normalized spacial score (nSPS) is 33.7. The van der Waals surface area contributed by atoms with Gasteiger partial charge in [0.25, 0.3) is 5.91 Å². The molecule has 2 saturated heterocycles. The fraction of sp³-hybridized carbons (Fsp3) is 0.579. The van der Waals surface area contributed by atoms with Crippen LogP contribution in [-0.2, 0) is 11.2 Å². The van der Waals surface area contributed by atoms with Gasteiger partial charge in [-0.3, -0.25) is 15.0 Å². The summed E-state index contributed by atoms with van der Waals surface area (Å²) in [7, 11) is 0. The number of amides is 3. The zero-order chi connectivity index (χ0) is 16.7. The number of piperidine rings is 1. The van der Waals surface area contributed by atoms with Crippen molar-refractivity contribution in [2.45, 2.75) is 50.6 Å². The standard InChI is InChI=1S/C19H25N3O2/c1-19(17(23)20-18(24)21-19)14-8-5-11-22(12-14)16-10-4-7-13-6-2-3-9-15(13)16/h2-3,6,9,14,16H,4-5,7-8,10-12H2,1H3,(H2,20,21,23,24)/t14-,16-,19-/m1/s1. The summed E-state index contributed by atoms with van der Waals surface area (Å²) in [6.07, 6.45) is 5.62. The Morgan fingerprint density at radius 3 is 2.79 bits per heavy atom. The van der Waals surface area contributed by atoms with E-state index in [0.717, 1.165) is 25.9 Å². The van der Waals surface area contributed by atoms with Crippen molar-refractivity contribution in [1.82, 2.24) is 15.5 Å². The van der Waals surface area contributed by atoms with Crippen LogP contribution in [0.2, 0.25) is 0 Å². The van der Waals surface area contributed by atoms with Crippen LogP contribution < -0.4 is 10.6 Å². The molecule has 5 heteroatoms. The number of nitrogens with zero attached hydrogens (tertiary/aromatic N) is 1. The number of carbonyl (C=O) groups is 2. The largest absolute Gasteiger partial charge is 0.323 e. The Labute approximate surface area is 142 Å². The first kappa shape index (κ1) is 15.6. The molecule has 0 unspecified atom stereocenters. The van der Waals surface area contributed by atoms with Crippen LogP contribution >= 0.6 is 0 Å². The Bertz CT molecular complexity index is 674. The highest BCUT2D eigenvalue weighted by Crippen LogP contribution is 2.38. The summed E-state index contributed by atoms with van der Waals surface area (Å²) >= 11 is 0. The van der Waals surface area contributed by atoms with Crippen LogP contribution in [0.15, 0.2) is 24.3 Å². The SMILES string of the molecule is C[C@]1([C@@H]2CCCN([C@@H]3CCCc4ccccc43)C2)NC(=O)NC1=O. The minimum atomic E-state index is -0.774. The number of imide groups is 1. The van der Waals surface area contributed by atoms with Crippen molar-refractivity contribution in [2.75, 3.05) is 13.1 Å². The summed E-state index contributed by atoms with van der Waals surface area (Å²) in [5.74, 6) is -0.0183. The molecule has 2 N–H and O–H groups in total. The molecule has 0 spiro atoms. The van der Waals surface area contributed by atoms with Crippen LogP contribution in [0.3, 0.4) is 0 Å². The average molecular weight is 327 g/mol. The van der Waals surface area contributed by atoms with Gasteiger partial charge < -0.3 is 5.32 Å². The molecule has 24 heavy (non-hydrogen) atoms. The second-order valence-electron chi connectivity index (χ2n) is 7.55. The monoisotopic (exact) mass is 327 g/mol. The van der Waals surface area contributed by atoms with Crippen LogP contribution in [0.25, 0.3) is 0 Å². The van der Waals surface area contributed by atoms with Gasteiger partial charge in [-0.1, -0.05) is 24.3 Å². The lowest BCUT2D eigenvalue weighted by Gasteiger charge is -2.44. The Morgan fingerprint density at radius 1 is 1.17 bits per heavy atom. The lowest BCUT2D eigenvalue weighted by Crippen LogP contribution is -2.56. The van der Waals surface area contributed by atoms with Crippen LogP contribution in [-0.4, -0.2) is 35.5 Å². The minimum Gasteiger partial charge on any atom is -0.323 e. The predicted octanol–water partition coefficient (Wildman–Crippen LogP) is 2.37. The zero-order valence-corrected chi connectivity index (χ0v) is 14.2.